The number of benzene rings is 3. The van der Waals surface area contributed by atoms with E-state index in [2.05, 4.69) is 21.1 Å². The van der Waals surface area contributed by atoms with Gasteiger partial charge >= 0.3 is 0 Å². The quantitative estimate of drug-likeness (QED) is 0.257. The zero-order chi connectivity index (χ0) is 26.5. The molecule has 1 aliphatic rings. The van der Waals surface area contributed by atoms with Crippen LogP contribution in [0.2, 0.25) is 0 Å². The third kappa shape index (κ3) is 5.92. The second-order valence-electron chi connectivity index (χ2n) is 8.93. The lowest BCUT2D eigenvalue weighted by Gasteiger charge is -2.14. The summed E-state index contributed by atoms with van der Waals surface area (Å²) in [6.07, 6.45) is 2.40. The van der Waals surface area contributed by atoms with Crippen molar-refractivity contribution in [1.82, 2.24) is 9.97 Å². The molecule has 1 aliphatic heterocycles. The van der Waals surface area contributed by atoms with Gasteiger partial charge in [-0.25, -0.2) is 18.4 Å². The monoisotopic (exact) mass is 531 g/mol. The van der Waals surface area contributed by atoms with Crippen LogP contribution in [-0.2, 0) is 21.3 Å². The minimum Gasteiger partial charge on any atom is -0.491 e. The third-order valence-electron chi connectivity index (χ3n) is 5.99. The van der Waals surface area contributed by atoms with Crippen LogP contribution in [0.5, 0.6) is 5.75 Å². The lowest BCUT2D eigenvalue weighted by molar-refractivity contribution is 0.146. The summed E-state index contributed by atoms with van der Waals surface area (Å²) in [6.45, 7) is 3.42. The fraction of sp³-hybridized carbons (Fsp3) is 0.250. The first-order chi connectivity index (χ1) is 18.4. The van der Waals surface area contributed by atoms with Crippen molar-refractivity contribution in [3.8, 4) is 17.1 Å². The molecule has 0 radical (unpaired) electrons. The molecule has 0 atom stereocenters. The number of sulfonamides is 1. The first-order valence-electron chi connectivity index (χ1n) is 12.4. The lowest BCUT2D eigenvalue weighted by Crippen LogP contribution is -2.16. The van der Waals surface area contributed by atoms with E-state index in [0.717, 1.165) is 22.2 Å². The Balaban J connectivity index is 1.55. The Hall–Kier alpha value is -4.02. The number of nitrogens with one attached hydrogen (secondary N) is 2. The van der Waals surface area contributed by atoms with Crippen LogP contribution >= 0.6 is 0 Å². The normalized spacial score (nSPS) is 12.5. The minimum absolute atomic E-state index is 0.0536. The van der Waals surface area contributed by atoms with E-state index in [-0.39, 0.29) is 5.75 Å². The summed E-state index contributed by atoms with van der Waals surface area (Å²) >= 11 is 0. The largest absolute Gasteiger partial charge is 0.491 e. The highest BCUT2D eigenvalue weighted by atomic mass is 32.2. The number of fused-ring (bicyclic) bond motifs is 2. The van der Waals surface area contributed by atoms with Crippen molar-refractivity contribution in [2.45, 2.75) is 19.9 Å². The molecule has 0 bridgehead atoms. The first kappa shape index (κ1) is 25.6. The highest BCUT2D eigenvalue weighted by Gasteiger charge is 2.15. The van der Waals surface area contributed by atoms with Gasteiger partial charge in [0, 0.05) is 35.6 Å². The summed E-state index contributed by atoms with van der Waals surface area (Å²) < 4.78 is 38.2. The maximum Gasteiger partial charge on any atom is 0.232 e. The van der Waals surface area contributed by atoms with Gasteiger partial charge < -0.3 is 14.8 Å². The number of hydrogen-bond donors (Lipinski definition) is 2. The van der Waals surface area contributed by atoms with E-state index in [1.54, 1.807) is 25.3 Å². The number of aliphatic imine (C=N–C) groups is 1. The molecule has 4 aromatic rings. The van der Waals surface area contributed by atoms with Crippen molar-refractivity contribution in [2.75, 3.05) is 36.1 Å². The van der Waals surface area contributed by atoms with Gasteiger partial charge in [-0.1, -0.05) is 25.1 Å². The van der Waals surface area contributed by atoms with Crippen LogP contribution in [0.3, 0.4) is 0 Å². The van der Waals surface area contributed by atoms with Crippen LogP contribution < -0.4 is 14.8 Å². The minimum atomic E-state index is -3.42. The number of hydrogen-bond acceptors (Lipinski definition) is 8. The molecule has 0 saturated carbocycles. The molecule has 5 rings (SSSR count). The molecular formula is C28H29N5O4S. The zero-order valence-corrected chi connectivity index (χ0v) is 22.1. The maximum absolute atomic E-state index is 12.3. The van der Waals surface area contributed by atoms with Gasteiger partial charge in [-0.15, -0.1) is 0 Å². The third-order valence-corrected chi connectivity index (χ3v) is 7.48. The zero-order valence-electron chi connectivity index (χ0n) is 21.3. The summed E-state index contributed by atoms with van der Waals surface area (Å²) in [4.78, 5) is 14.0. The van der Waals surface area contributed by atoms with E-state index >= 15 is 0 Å². The summed E-state index contributed by atoms with van der Waals surface area (Å²) in [7, 11) is -1.79. The van der Waals surface area contributed by atoms with Crippen LogP contribution in [0.1, 0.15) is 24.5 Å². The molecule has 1 aromatic heterocycles. The van der Waals surface area contributed by atoms with Gasteiger partial charge in [-0.2, -0.15) is 0 Å². The van der Waals surface area contributed by atoms with E-state index in [9.17, 15) is 8.42 Å². The van der Waals surface area contributed by atoms with Crippen LogP contribution in [0.25, 0.3) is 22.3 Å². The average molecular weight is 532 g/mol. The summed E-state index contributed by atoms with van der Waals surface area (Å²) in [5.74, 6) is 1.81. The van der Waals surface area contributed by atoms with E-state index in [0.29, 0.717) is 54.8 Å². The van der Waals surface area contributed by atoms with Gasteiger partial charge in [0.25, 0.3) is 0 Å². The van der Waals surface area contributed by atoms with Gasteiger partial charge in [0.05, 0.1) is 24.4 Å². The molecule has 0 spiro atoms. The molecule has 3 aromatic carbocycles. The standard InChI is InChI=1S/C28H29N5O4S/c1-3-13-38(34,35)33-23-6-4-5-19(14-23)27-31-26-10-9-24(37-12-11-36-2)16-25(26)28(32-27)30-22-8-7-20-17-29-18-21(20)15-22/h4-10,14-16,18,33H,3,11-13,17H2,1-2H3,(H,30,31,32). The van der Waals surface area contributed by atoms with E-state index < -0.39 is 10.0 Å². The predicted molar refractivity (Wildman–Crippen MR) is 151 cm³/mol. The number of aromatic nitrogens is 2. The fourth-order valence-corrected chi connectivity index (χ4v) is 5.33. The lowest BCUT2D eigenvalue weighted by atomic mass is 10.1. The summed E-state index contributed by atoms with van der Waals surface area (Å²) in [5, 5.41) is 4.24. The van der Waals surface area contributed by atoms with Gasteiger partial charge in [0.1, 0.15) is 18.2 Å². The molecule has 0 aliphatic carbocycles. The van der Waals surface area contributed by atoms with Crippen molar-refractivity contribution >= 4 is 44.3 Å². The Morgan fingerprint density at radius 1 is 0.974 bits per heavy atom. The Bertz CT molecular complexity index is 1600. The van der Waals surface area contributed by atoms with Crippen molar-refractivity contribution in [3.05, 3.63) is 71.8 Å². The molecule has 2 N–H and O–H groups in total. The van der Waals surface area contributed by atoms with Crippen LogP contribution in [0, 0.1) is 0 Å². The molecule has 0 saturated heterocycles. The molecule has 0 unspecified atom stereocenters. The van der Waals surface area contributed by atoms with Gasteiger partial charge in [-0.05, 0) is 60.0 Å². The smallest absolute Gasteiger partial charge is 0.232 e. The summed E-state index contributed by atoms with van der Waals surface area (Å²) in [5.41, 5.74) is 5.00. The molecule has 10 heteroatoms. The number of methoxy groups -OCH3 is 1. The predicted octanol–water partition coefficient (Wildman–Crippen LogP) is 5.15. The fourth-order valence-electron chi connectivity index (χ4n) is 4.20. The van der Waals surface area contributed by atoms with Gasteiger partial charge in [0.15, 0.2) is 5.82 Å². The second-order valence-corrected chi connectivity index (χ2v) is 10.8. The van der Waals surface area contributed by atoms with E-state index in [1.165, 1.54) is 5.56 Å². The van der Waals surface area contributed by atoms with Crippen molar-refractivity contribution in [1.29, 1.82) is 0 Å². The van der Waals surface area contributed by atoms with Crippen molar-refractivity contribution in [2.24, 2.45) is 4.99 Å². The number of nitrogens with zero attached hydrogens (tertiary/aromatic N) is 3. The molecule has 0 amide bonds. The molecule has 38 heavy (non-hydrogen) atoms. The Kier molecular flexibility index (Phi) is 7.52. The SMILES string of the molecule is CCCS(=O)(=O)Nc1cccc(-c2nc(Nc3ccc4c(c3)C=NC4)c3cc(OCCOC)ccc3n2)c1. The number of ether oxygens (including phenoxy) is 2. The first-order valence-corrected chi connectivity index (χ1v) is 14.0. The Morgan fingerprint density at radius 3 is 2.71 bits per heavy atom. The molecule has 196 valence electrons. The van der Waals surface area contributed by atoms with Crippen LogP contribution in [0.15, 0.2) is 65.7 Å². The van der Waals surface area contributed by atoms with Gasteiger partial charge in [0.2, 0.25) is 10.0 Å². The van der Waals surface area contributed by atoms with Crippen molar-refractivity contribution < 1.29 is 17.9 Å². The van der Waals surface area contributed by atoms with E-state index in [1.807, 2.05) is 49.5 Å². The average Bonchev–Trinajstić information content (AvgIpc) is 3.37. The molecule has 0 fully saturated rings. The van der Waals surface area contributed by atoms with Crippen LogP contribution in [-0.4, -0.2) is 50.7 Å². The molecule has 9 nitrogen and oxygen atoms in total. The van der Waals surface area contributed by atoms with Crippen LogP contribution in [0.4, 0.5) is 17.2 Å². The Labute approximate surface area is 222 Å². The highest BCUT2D eigenvalue weighted by molar-refractivity contribution is 7.92. The van der Waals surface area contributed by atoms with E-state index in [4.69, 9.17) is 19.4 Å². The maximum atomic E-state index is 12.3. The number of rotatable bonds is 11. The van der Waals surface area contributed by atoms with Gasteiger partial charge in [-0.3, -0.25) is 9.71 Å². The Morgan fingerprint density at radius 2 is 1.87 bits per heavy atom. The summed E-state index contributed by atoms with van der Waals surface area (Å²) in [6, 6.07) is 18.9. The molecule has 2 heterocycles. The highest BCUT2D eigenvalue weighted by Crippen LogP contribution is 2.32. The number of anilines is 3. The van der Waals surface area contributed by atoms with Crippen molar-refractivity contribution in [3.63, 3.8) is 0 Å². The second kappa shape index (κ2) is 11.2. The topological polar surface area (TPSA) is 115 Å². The molecular weight excluding hydrogens is 502 g/mol.